The van der Waals surface area contributed by atoms with E-state index < -0.39 is 0 Å². The van der Waals surface area contributed by atoms with Crippen LogP contribution in [0.3, 0.4) is 0 Å². The third-order valence-corrected chi connectivity index (χ3v) is 2.99. The average molecular weight is 266 g/mol. The first-order chi connectivity index (χ1) is 9.67. The maximum absolute atomic E-state index is 12.2. The van der Waals surface area contributed by atoms with Crippen LogP contribution in [0, 0.1) is 6.92 Å². The van der Waals surface area contributed by atoms with E-state index in [2.05, 4.69) is 10.3 Å². The van der Waals surface area contributed by atoms with Crippen LogP contribution in [0.1, 0.15) is 15.9 Å². The number of nitrogens with zero attached hydrogens (tertiary/aromatic N) is 1. The van der Waals surface area contributed by atoms with Crippen molar-refractivity contribution in [2.45, 2.75) is 6.92 Å². The molecule has 0 saturated carbocycles. The zero-order valence-electron chi connectivity index (χ0n) is 10.6. The number of hydrogen-bond donors (Lipinski definition) is 1. The van der Waals surface area contributed by atoms with Gasteiger partial charge in [-0.05, 0) is 42.8 Å². The number of amides is 1. The minimum Gasteiger partial charge on any atom is -0.454 e. The summed E-state index contributed by atoms with van der Waals surface area (Å²) in [7, 11) is 0. The maximum atomic E-state index is 12.2. The Morgan fingerprint density at radius 3 is 2.75 bits per heavy atom. The molecule has 0 fully saturated rings. The van der Waals surface area contributed by atoms with Crippen molar-refractivity contribution in [3.05, 3.63) is 47.5 Å². The fraction of sp³-hybridized carbons (Fsp3) is 0.0667. The summed E-state index contributed by atoms with van der Waals surface area (Å²) in [6.45, 7) is 1.93. The second-order valence-corrected chi connectivity index (χ2v) is 4.44. The van der Waals surface area contributed by atoms with Crippen LogP contribution < -0.4 is 10.1 Å². The van der Waals surface area contributed by atoms with Crippen LogP contribution in [-0.2, 0) is 4.79 Å². The quantitative estimate of drug-likeness (QED) is 0.636. The molecule has 1 amide bonds. The Labute approximate surface area is 114 Å². The number of fused-ring (bicyclic) bond motifs is 2. The fourth-order valence-corrected chi connectivity index (χ4v) is 2.05. The largest absolute Gasteiger partial charge is 0.454 e. The van der Waals surface area contributed by atoms with Crippen LogP contribution in [0.4, 0.5) is 11.4 Å². The number of ether oxygens (including phenoxy) is 1. The molecular weight excluding hydrogens is 256 g/mol. The molecule has 0 saturated heterocycles. The van der Waals surface area contributed by atoms with Crippen LogP contribution in [0.15, 0.2) is 41.4 Å². The van der Waals surface area contributed by atoms with Crippen molar-refractivity contribution in [1.82, 2.24) is 0 Å². The van der Waals surface area contributed by atoms with Crippen molar-refractivity contribution < 1.29 is 14.3 Å². The summed E-state index contributed by atoms with van der Waals surface area (Å²) in [5.41, 5.74) is 2.33. The third-order valence-electron chi connectivity index (χ3n) is 2.99. The average Bonchev–Trinajstić information content (AvgIpc) is 2.55. The second kappa shape index (κ2) is 4.64. The summed E-state index contributed by atoms with van der Waals surface area (Å²) in [5.74, 6) is 0.705. The van der Waals surface area contributed by atoms with Gasteiger partial charge in [-0.1, -0.05) is 6.07 Å². The van der Waals surface area contributed by atoms with E-state index in [9.17, 15) is 9.59 Å². The Morgan fingerprint density at radius 2 is 1.95 bits per heavy atom. The molecule has 0 unspecified atom stereocenters. The number of aliphatic imine (C=N–C) groups is 1. The predicted octanol–water partition coefficient (Wildman–Crippen LogP) is 3.32. The highest BCUT2D eigenvalue weighted by atomic mass is 16.5. The molecule has 5 nitrogen and oxygen atoms in total. The highest BCUT2D eigenvalue weighted by molar-refractivity contribution is 6.08. The molecule has 0 aliphatic carbocycles. The molecule has 0 atom stereocenters. The minimum atomic E-state index is -0.299. The Morgan fingerprint density at radius 1 is 1.15 bits per heavy atom. The van der Waals surface area contributed by atoms with Crippen molar-refractivity contribution >= 4 is 23.4 Å². The Kier molecular flexibility index (Phi) is 2.82. The number of aryl methyl sites for hydroxylation is 1. The molecule has 20 heavy (non-hydrogen) atoms. The normalized spacial score (nSPS) is 12.2. The molecule has 0 radical (unpaired) electrons. The molecule has 1 N–H and O–H groups in total. The lowest BCUT2D eigenvalue weighted by Gasteiger charge is -2.07. The van der Waals surface area contributed by atoms with E-state index >= 15 is 0 Å². The van der Waals surface area contributed by atoms with Crippen LogP contribution in [0.2, 0.25) is 0 Å². The van der Waals surface area contributed by atoms with Gasteiger partial charge in [-0.15, -0.1) is 0 Å². The molecule has 2 aromatic carbocycles. The monoisotopic (exact) mass is 266 g/mol. The second-order valence-electron chi connectivity index (χ2n) is 4.44. The van der Waals surface area contributed by atoms with Crippen LogP contribution >= 0.6 is 0 Å². The molecule has 1 aliphatic rings. The van der Waals surface area contributed by atoms with Crippen LogP contribution in [0.5, 0.6) is 11.5 Å². The number of nitrogens with one attached hydrogen (secondary N) is 1. The lowest BCUT2D eigenvalue weighted by atomic mass is 10.1. The van der Waals surface area contributed by atoms with Gasteiger partial charge in [0.15, 0.2) is 5.75 Å². The molecule has 0 bridgehead atoms. The van der Waals surface area contributed by atoms with Crippen molar-refractivity contribution in [3.63, 3.8) is 0 Å². The summed E-state index contributed by atoms with van der Waals surface area (Å²) >= 11 is 0. The van der Waals surface area contributed by atoms with Gasteiger partial charge in [0.25, 0.3) is 5.91 Å². The summed E-state index contributed by atoms with van der Waals surface area (Å²) in [5, 5.41) is 2.78. The fourth-order valence-electron chi connectivity index (χ4n) is 2.05. The first kappa shape index (κ1) is 12.1. The molecule has 1 heterocycles. The molecule has 0 spiro atoms. The molecule has 5 heteroatoms. The molecule has 1 aliphatic heterocycles. The van der Waals surface area contributed by atoms with Gasteiger partial charge in [0.05, 0.1) is 16.9 Å². The lowest BCUT2D eigenvalue weighted by Crippen LogP contribution is -2.10. The van der Waals surface area contributed by atoms with Gasteiger partial charge in [0.2, 0.25) is 6.08 Å². The van der Waals surface area contributed by atoms with Crippen molar-refractivity contribution in [3.8, 4) is 11.5 Å². The lowest BCUT2D eigenvalue weighted by molar-refractivity contribution is 0.102. The van der Waals surface area contributed by atoms with Gasteiger partial charge >= 0.3 is 0 Å². The zero-order chi connectivity index (χ0) is 14.1. The highest BCUT2D eigenvalue weighted by Gasteiger charge is 2.21. The van der Waals surface area contributed by atoms with Crippen molar-refractivity contribution in [1.29, 1.82) is 0 Å². The highest BCUT2D eigenvalue weighted by Crippen LogP contribution is 2.37. The predicted molar refractivity (Wildman–Crippen MR) is 73.4 cm³/mol. The SMILES string of the molecule is Cc1ccc2c(c1)NC(=O)c1cc(N=C=O)ccc1O2. The first-order valence-corrected chi connectivity index (χ1v) is 5.99. The number of carbonyl (C=O) groups excluding carboxylic acids is 2. The number of carbonyl (C=O) groups is 1. The summed E-state index contributed by atoms with van der Waals surface area (Å²) in [6.07, 6.45) is 1.45. The van der Waals surface area contributed by atoms with Crippen LogP contribution in [-0.4, -0.2) is 12.0 Å². The summed E-state index contributed by atoms with van der Waals surface area (Å²) in [4.78, 5) is 26.0. The Bertz CT molecular complexity index is 762. The van der Waals surface area contributed by atoms with Crippen molar-refractivity contribution in [2.75, 3.05) is 5.32 Å². The van der Waals surface area contributed by atoms with Crippen molar-refractivity contribution in [2.24, 2.45) is 4.99 Å². The molecule has 0 aromatic heterocycles. The Hall–Kier alpha value is -2.91. The number of rotatable bonds is 1. The van der Waals surface area contributed by atoms with Gasteiger partial charge < -0.3 is 10.1 Å². The van der Waals surface area contributed by atoms with E-state index in [0.717, 1.165) is 5.56 Å². The topological polar surface area (TPSA) is 67.8 Å². The van der Waals surface area contributed by atoms with Gasteiger partial charge in [0, 0.05) is 0 Å². The standard InChI is InChI=1S/C15H10N2O3/c1-9-2-4-14-12(6-9)17-15(19)11-7-10(16-8-18)3-5-13(11)20-14/h2-7H,1H3,(H,17,19). The van der Waals surface area contributed by atoms with E-state index in [-0.39, 0.29) is 5.91 Å². The van der Waals surface area contributed by atoms with Gasteiger partial charge in [0.1, 0.15) is 5.75 Å². The maximum Gasteiger partial charge on any atom is 0.259 e. The van der Waals surface area contributed by atoms with E-state index in [1.807, 2.05) is 19.1 Å². The number of isocyanates is 1. The smallest absolute Gasteiger partial charge is 0.259 e. The minimum absolute atomic E-state index is 0.299. The Balaban J connectivity index is 2.12. The van der Waals surface area contributed by atoms with Crippen LogP contribution in [0.25, 0.3) is 0 Å². The molecular formula is C15H10N2O3. The number of hydrogen-bond acceptors (Lipinski definition) is 4. The summed E-state index contributed by atoms with van der Waals surface area (Å²) in [6, 6.07) is 10.2. The van der Waals surface area contributed by atoms with E-state index in [4.69, 9.17) is 4.74 Å². The van der Waals surface area contributed by atoms with E-state index in [1.165, 1.54) is 12.1 Å². The van der Waals surface area contributed by atoms with E-state index in [0.29, 0.717) is 28.4 Å². The van der Waals surface area contributed by atoms with E-state index in [1.54, 1.807) is 18.2 Å². The van der Waals surface area contributed by atoms with Gasteiger partial charge in [-0.3, -0.25) is 4.79 Å². The number of anilines is 1. The zero-order valence-corrected chi connectivity index (χ0v) is 10.6. The van der Waals surface area contributed by atoms with Gasteiger partial charge in [-0.2, -0.15) is 4.99 Å². The molecule has 2 aromatic rings. The van der Waals surface area contributed by atoms with Gasteiger partial charge in [-0.25, -0.2) is 4.79 Å². The summed E-state index contributed by atoms with van der Waals surface area (Å²) < 4.78 is 5.74. The molecule has 98 valence electrons. The molecule has 3 rings (SSSR count). The number of benzene rings is 2. The first-order valence-electron chi connectivity index (χ1n) is 5.99. The third kappa shape index (κ3) is 2.06.